The molecule has 73 valence electrons. The van der Waals surface area contributed by atoms with Gasteiger partial charge in [-0.1, -0.05) is 0 Å². The van der Waals surface area contributed by atoms with Crippen molar-refractivity contribution in [1.82, 2.24) is 0 Å². The summed E-state index contributed by atoms with van der Waals surface area (Å²) in [5, 5.41) is 10.5. The molecule has 0 spiro atoms. The largest absolute Gasteiger partial charge is 0.371 e. The highest BCUT2D eigenvalue weighted by atomic mass is 16.6. The Bertz CT molecular complexity index is 346. The molecule has 1 aliphatic rings. The van der Waals surface area contributed by atoms with Crippen LogP contribution in [0.1, 0.15) is 12.8 Å². The molecule has 1 aliphatic heterocycles. The summed E-state index contributed by atoms with van der Waals surface area (Å²) < 4.78 is 0. The molecule has 0 bridgehead atoms. The van der Waals surface area contributed by atoms with Crippen molar-refractivity contribution in [2.45, 2.75) is 12.8 Å². The lowest BCUT2D eigenvalue weighted by molar-refractivity contribution is -0.384. The van der Waals surface area contributed by atoms with Gasteiger partial charge in [0.15, 0.2) is 0 Å². The van der Waals surface area contributed by atoms with Crippen LogP contribution in [0.2, 0.25) is 0 Å². The van der Waals surface area contributed by atoms with Gasteiger partial charge in [0.2, 0.25) is 0 Å². The monoisotopic (exact) mass is 191 g/mol. The Morgan fingerprint density at radius 1 is 1.43 bits per heavy atom. The summed E-state index contributed by atoms with van der Waals surface area (Å²) in [4.78, 5) is 12.3. The number of nitro benzene ring substituents is 1. The Balaban J connectivity index is 2.25. The molecule has 1 heterocycles. The minimum absolute atomic E-state index is 0.144. The van der Waals surface area contributed by atoms with Crippen LogP contribution in [0.15, 0.2) is 18.2 Å². The van der Waals surface area contributed by atoms with E-state index in [-0.39, 0.29) is 10.6 Å². The lowest BCUT2D eigenvalue weighted by Crippen LogP contribution is -2.17. The summed E-state index contributed by atoms with van der Waals surface area (Å²) in [5.74, 6) is 0. The molecule has 1 radical (unpaired) electrons. The minimum Gasteiger partial charge on any atom is -0.371 e. The molecule has 2 rings (SSSR count). The molecule has 0 unspecified atom stereocenters. The number of nitrogens with zero attached hydrogens (tertiary/aromatic N) is 2. The molecule has 0 amide bonds. The molecule has 1 saturated heterocycles. The Morgan fingerprint density at radius 3 is 2.79 bits per heavy atom. The van der Waals surface area contributed by atoms with Crippen LogP contribution in [0.5, 0.6) is 0 Å². The van der Waals surface area contributed by atoms with E-state index in [0.29, 0.717) is 0 Å². The zero-order valence-corrected chi connectivity index (χ0v) is 7.77. The predicted octanol–water partition coefficient (Wildman–Crippen LogP) is 2.00. The molecule has 0 saturated carbocycles. The molecule has 1 aromatic rings. The lowest BCUT2D eigenvalue weighted by Gasteiger charge is -2.16. The zero-order chi connectivity index (χ0) is 9.97. The highest BCUT2D eigenvalue weighted by Gasteiger charge is 2.14. The van der Waals surface area contributed by atoms with E-state index in [2.05, 4.69) is 11.0 Å². The van der Waals surface area contributed by atoms with Gasteiger partial charge >= 0.3 is 0 Å². The van der Waals surface area contributed by atoms with Gasteiger partial charge < -0.3 is 4.90 Å². The summed E-state index contributed by atoms with van der Waals surface area (Å²) in [7, 11) is 0. The molecule has 4 heteroatoms. The third kappa shape index (κ3) is 1.69. The maximum absolute atomic E-state index is 10.5. The van der Waals surface area contributed by atoms with Crippen molar-refractivity contribution < 1.29 is 4.92 Å². The summed E-state index contributed by atoms with van der Waals surface area (Å²) in [6, 6.07) is 7.70. The summed E-state index contributed by atoms with van der Waals surface area (Å²) >= 11 is 0. The number of hydrogen-bond acceptors (Lipinski definition) is 3. The van der Waals surface area contributed by atoms with E-state index in [4.69, 9.17) is 0 Å². The van der Waals surface area contributed by atoms with Crippen molar-refractivity contribution in [3.8, 4) is 0 Å². The smallest absolute Gasteiger partial charge is 0.271 e. The minimum atomic E-state index is -0.368. The first-order valence-corrected chi connectivity index (χ1v) is 4.68. The Morgan fingerprint density at radius 2 is 2.14 bits per heavy atom. The SMILES string of the molecule is O=[N+]([O-])c1cc[c]c(N2CCCC2)c1. The third-order valence-electron chi connectivity index (χ3n) is 2.43. The van der Waals surface area contributed by atoms with E-state index < -0.39 is 0 Å². The fourth-order valence-electron chi connectivity index (χ4n) is 1.70. The zero-order valence-electron chi connectivity index (χ0n) is 7.77. The predicted molar refractivity (Wildman–Crippen MR) is 53.4 cm³/mol. The van der Waals surface area contributed by atoms with E-state index in [1.165, 1.54) is 6.07 Å². The van der Waals surface area contributed by atoms with Crippen LogP contribution in [0.3, 0.4) is 0 Å². The van der Waals surface area contributed by atoms with Crippen molar-refractivity contribution in [2.75, 3.05) is 18.0 Å². The van der Waals surface area contributed by atoms with Crippen LogP contribution in [0.25, 0.3) is 0 Å². The van der Waals surface area contributed by atoms with Crippen LogP contribution in [0, 0.1) is 16.2 Å². The number of nitro groups is 1. The number of anilines is 1. The molecular weight excluding hydrogens is 180 g/mol. The van der Waals surface area contributed by atoms with E-state index in [1.54, 1.807) is 12.1 Å². The molecule has 14 heavy (non-hydrogen) atoms. The van der Waals surface area contributed by atoms with Gasteiger partial charge in [-0.15, -0.1) is 0 Å². The maximum Gasteiger partial charge on any atom is 0.271 e. The van der Waals surface area contributed by atoms with Crippen LogP contribution in [0.4, 0.5) is 11.4 Å². The van der Waals surface area contributed by atoms with Crippen LogP contribution >= 0.6 is 0 Å². The van der Waals surface area contributed by atoms with Gasteiger partial charge in [0.1, 0.15) is 0 Å². The first-order chi connectivity index (χ1) is 6.77. The first-order valence-electron chi connectivity index (χ1n) is 4.68. The van der Waals surface area contributed by atoms with E-state index in [0.717, 1.165) is 31.6 Å². The first kappa shape index (κ1) is 8.99. The normalized spacial score (nSPS) is 15.9. The van der Waals surface area contributed by atoms with Gasteiger partial charge in [-0.05, 0) is 18.9 Å². The van der Waals surface area contributed by atoms with Gasteiger partial charge in [0, 0.05) is 31.3 Å². The second-order valence-electron chi connectivity index (χ2n) is 3.38. The molecule has 1 aromatic carbocycles. The van der Waals surface area contributed by atoms with Gasteiger partial charge in [0.25, 0.3) is 5.69 Å². The Hall–Kier alpha value is -1.58. The molecule has 0 aromatic heterocycles. The van der Waals surface area contributed by atoms with Crippen LogP contribution in [-0.4, -0.2) is 18.0 Å². The average molecular weight is 191 g/mol. The van der Waals surface area contributed by atoms with Crippen molar-refractivity contribution >= 4 is 11.4 Å². The number of benzene rings is 1. The van der Waals surface area contributed by atoms with Crippen LogP contribution in [-0.2, 0) is 0 Å². The standard InChI is InChI=1S/C10H11N2O2/c13-12(14)10-5-3-4-9(8-10)11-6-1-2-7-11/h3,5,8H,1-2,6-7H2. The second-order valence-corrected chi connectivity index (χ2v) is 3.38. The van der Waals surface area contributed by atoms with Crippen molar-refractivity contribution in [1.29, 1.82) is 0 Å². The number of rotatable bonds is 2. The molecule has 4 nitrogen and oxygen atoms in total. The molecule has 1 fully saturated rings. The summed E-state index contributed by atoms with van der Waals surface area (Å²) in [6.07, 6.45) is 2.33. The van der Waals surface area contributed by atoms with Gasteiger partial charge in [0.05, 0.1) is 10.6 Å². The van der Waals surface area contributed by atoms with Crippen LogP contribution < -0.4 is 4.90 Å². The summed E-state index contributed by atoms with van der Waals surface area (Å²) in [5.41, 5.74) is 0.988. The third-order valence-corrected chi connectivity index (χ3v) is 2.43. The highest BCUT2D eigenvalue weighted by molar-refractivity contribution is 5.52. The molecule has 0 aliphatic carbocycles. The molecular formula is C10H11N2O2. The van der Waals surface area contributed by atoms with Crippen molar-refractivity contribution in [2.24, 2.45) is 0 Å². The number of non-ortho nitro benzene ring substituents is 1. The van der Waals surface area contributed by atoms with E-state index in [9.17, 15) is 10.1 Å². The van der Waals surface area contributed by atoms with E-state index >= 15 is 0 Å². The van der Waals surface area contributed by atoms with Crippen molar-refractivity contribution in [3.63, 3.8) is 0 Å². The van der Waals surface area contributed by atoms with Gasteiger partial charge in [-0.3, -0.25) is 10.1 Å². The number of hydrogen-bond donors (Lipinski definition) is 0. The topological polar surface area (TPSA) is 46.4 Å². The van der Waals surface area contributed by atoms with Gasteiger partial charge in [-0.2, -0.15) is 0 Å². The molecule has 0 N–H and O–H groups in total. The van der Waals surface area contributed by atoms with Gasteiger partial charge in [-0.25, -0.2) is 0 Å². The van der Waals surface area contributed by atoms with Crippen molar-refractivity contribution in [3.05, 3.63) is 34.4 Å². The molecule has 0 atom stereocenters. The second kappa shape index (κ2) is 3.65. The average Bonchev–Trinajstić information content (AvgIpc) is 2.71. The fourth-order valence-corrected chi connectivity index (χ4v) is 1.70. The Kier molecular flexibility index (Phi) is 2.35. The van der Waals surface area contributed by atoms with E-state index in [1.807, 2.05) is 0 Å². The quantitative estimate of drug-likeness (QED) is 0.530. The maximum atomic E-state index is 10.5. The summed E-state index contributed by atoms with van der Waals surface area (Å²) in [6.45, 7) is 1.97. The lowest BCUT2D eigenvalue weighted by atomic mass is 10.2. The Labute approximate surface area is 82.3 Å². The fraction of sp³-hybridized carbons (Fsp3) is 0.400. The highest BCUT2D eigenvalue weighted by Crippen LogP contribution is 2.23.